The summed E-state index contributed by atoms with van der Waals surface area (Å²) in [7, 11) is 1.57. The quantitative estimate of drug-likeness (QED) is 0.299. The van der Waals surface area contributed by atoms with Gasteiger partial charge in [-0.2, -0.15) is 0 Å². The number of benzene rings is 3. The topological polar surface area (TPSA) is 124 Å². The first kappa shape index (κ1) is 32.1. The number of methoxy groups -OCH3 is 3. The molecule has 0 aliphatic rings. The van der Waals surface area contributed by atoms with Gasteiger partial charge in [0.1, 0.15) is 24.1 Å². The summed E-state index contributed by atoms with van der Waals surface area (Å²) in [6.45, 7) is 3.34. The molecule has 0 bridgehead atoms. The molecule has 0 fully saturated rings. The number of likely N-dealkylation sites (N-methyl/N-ethyl adjacent to an activating group) is 1. The molecule has 0 spiro atoms. The Kier molecular flexibility index (Phi) is 11.0. The maximum Gasteiger partial charge on any atom is 0.264 e. The van der Waals surface area contributed by atoms with E-state index in [1.807, 2.05) is 6.92 Å². The number of sulfonamides is 1. The van der Waals surface area contributed by atoms with E-state index in [1.54, 1.807) is 62.6 Å². The minimum Gasteiger partial charge on any atom is -0.497 e. The van der Waals surface area contributed by atoms with Crippen molar-refractivity contribution in [2.24, 2.45) is 0 Å². The summed E-state index contributed by atoms with van der Waals surface area (Å²) in [6, 6.07) is 16.7. The molecule has 0 unspecified atom stereocenters. The lowest BCUT2D eigenvalue weighted by atomic mass is 10.1. The number of nitrogens with zero attached hydrogens (tertiary/aromatic N) is 2. The van der Waals surface area contributed by atoms with E-state index in [9.17, 15) is 18.0 Å². The lowest BCUT2D eigenvalue weighted by Crippen LogP contribution is -2.50. The first-order chi connectivity index (χ1) is 20.1. The smallest absolute Gasteiger partial charge is 0.264 e. The molecule has 226 valence electrons. The van der Waals surface area contributed by atoms with Gasteiger partial charge in [-0.3, -0.25) is 13.9 Å². The SMILES string of the molecule is CCOc1ccc(N(CC(=O)N(Cc2ccc(OC)cc2)[C@H](C)C(=O)NC)S(=O)(=O)c2ccc(OC)c(OC)c2)cc1. The number of amides is 2. The van der Waals surface area contributed by atoms with Gasteiger partial charge in [0.05, 0.1) is 38.5 Å². The minimum atomic E-state index is -4.31. The molecule has 1 N–H and O–H groups in total. The molecule has 0 saturated heterocycles. The average molecular weight is 600 g/mol. The zero-order chi connectivity index (χ0) is 30.9. The van der Waals surface area contributed by atoms with Crippen LogP contribution in [0.2, 0.25) is 0 Å². The highest BCUT2D eigenvalue weighted by atomic mass is 32.2. The number of carbonyl (C=O) groups excluding carboxylic acids is 2. The molecule has 0 radical (unpaired) electrons. The van der Waals surface area contributed by atoms with Crippen molar-refractivity contribution in [2.75, 3.05) is 45.8 Å². The van der Waals surface area contributed by atoms with Gasteiger partial charge in [-0.25, -0.2) is 8.42 Å². The molecule has 12 heteroatoms. The predicted molar refractivity (Wildman–Crippen MR) is 159 cm³/mol. The molecule has 0 saturated carbocycles. The van der Waals surface area contributed by atoms with Crippen LogP contribution in [0.1, 0.15) is 19.4 Å². The minimum absolute atomic E-state index is 0.0605. The Morgan fingerprint density at radius 2 is 1.48 bits per heavy atom. The van der Waals surface area contributed by atoms with Crippen LogP contribution in [-0.4, -0.2) is 72.7 Å². The van der Waals surface area contributed by atoms with Gasteiger partial charge in [-0.1, -0.05) is 12.1 Å². The van der Waals surface area contributed by atoms with Crippen LogP contribution in [0.15, 0.2) is 71.6 Å². The molecule has 1 atom stereocenters. The first-order valence-corrected chi connectivity index (χ1v) is 14.6. The van der Waals surface area contributed by atoms with E-state index >= 15 is 0 Å². The molecule has 0 aliphatic heterocycles. The molecule has 3 aromatic rings. The van der Waals surface area contributed by atoms with Gasteiger partial charge in [0.2, 0.25) is 11.8 Å². The number of rotatable bonds is 14. The third-order valence-electron chi connectivity index (χ3n) is 6.58. The molecule has 0 aromatic heterocycles. The summed E-state index contributed by atoms with van der Waals surface area (Å²) in [5.74, 6) is 0.771. The lowest BCUT2D eigenvalue weighted by Gasteiger charge is -2.32. The number of nitrogens with one attached hydrogen (secondary N) is 1. The van der Waals surface area contributed by atoms with E-state index < -0.39 is 34.4 Å². The highest BCUT2D eigenvalue weighted by Gasteiger charge is 2.33. The third kappa shape index (κ3) is 7.43. The normalized spacial score (nSPS) is 11.7. The molecule has 11 nitrogen and oxygen atoms in total. The second-order valence-corrected chi connectivity index (χ2v) is 11.0. The summed E-state index contributed by atoms with van der Waals surface area (Å²) in [6.07, 6.45) is 0. The van der Waals surface area contributed by atoms with Crippen molar-refractivity contribution in [3.05, 3.63) is 72.3 Å². The predicted octanol–water partition coefficient (Wildman–Crippen LogP) is 3.47. The highest BCUT2D eigenvalue weighted by molar-refractivity contribution is 7.92. The van der Waals surface area contributed by atoms with E-state index in [2.05, 4.69) is 5.32 Å². The Morgan fingerprint density at radius 3 is 2.02 bits per heavy atom. The fraction of sp³-hybridized carbons (Fsp3) is 0.333. The summed E-state index contributed by atoms with van der Waals surface area (Å²) < 4.78 is 50.5. The Labute approximate surface area is 247 Å². The van der Waals surface area contributed by atoms with Crippen molar-refractivity contribution in [1.29, 1.82) is 0 Å². The summed E-state index contributed by atoms with van der Waals surface area (Å²) >= 11 is 0. The van der Waals surface area contributed by atoms with Gasteiger partial charge in [0.25, 0.3) is 10.0 Å². The fourth-order valence-electron chi connectivity index (χ4n) is 4.23. The number of hydrogen-bond acceptors (Lipinski definition) is 8. The van der Waals surface area contributed by atoms with E-state index in [-0.39, 0.29) is 22.9 Å². The zero-order valence-electron chi connectivity index (χ0n) is 24.6. The van der Waals surface area contributed by atoms with Crippen LogP contribution in [0.25, 0.3) is 0 Å². The molecule has 3 rings (SSSR count). The molecule has 42 heavy (non-hydrogen) atoms. The van der Waals surface area contributed by atoms with E-state index in [0.717, 1.165) is 9.87 Å². The van der Waals surface area contributed by atoms with Crippen LogP contribution in [0.4, 0.5) is 5.69 Å². The maximum atomic E-state index is 14.1. The van der Waals surface area contributed by atoms with Gasteiger partial charge in [-0.05, 0) is 67.9 Å². The van der Waals surface area contributed by atoms with Crippen molar-refractivity contribution in [1.82, 2.24) is 10.2 Å². The van der Waals surface area contributed by atoms with Gasteiger partial charge in [0, 0.05) is 19.7 Å². The van der Waals surface area contributed by atoms with E-state index in [0.29, 0.717) is 23.9 Å². The average Bonchev–Trinajstić information content (AvgIpc) is 3.02. The molecule has 0 heterocycles. The second kappa shape index (κ2) is 14.4. The number of ether oxygens (including phenoxy) is 4. The van der Waals surface area contributed by atoms with Crippen molar-refractivity contribution in [3.8, 4) is 23.0 Å². The van der Waals surface area contributed by atoms with E-state index in [1.165, 1.54) is 44.4 Å². The highest BCUT2D eigenvalue weighted by Crippen LogP contribution is 2.33. The summed E-state index contributed by atoms with van der Waals surface area (Å²) in [5, 5.41) is 2.56. The maximum absolute atomic E-state index is 14.1. The molecule has 0 aliphatic carbocycles. The molecular weight excluding hydrogens is 562 g/mol. The number of anilines is 1. The number of hydrogen-bond donors (Lipinski definition) is 1. The lowest BCUT2D eigenvalue weighted by molar-refractivity contribution is -0.139. The Hall–Kier alpha value is -4.45. The first-order valence-electron chi connectivity index (χ1n) is 13.2. The summed E-state index contributed by atoms with van der Waals surface area (Å²) in [5.41, 5.74) is 0.967. The molecule has 3 aromatic carbocycles. The van der Waals surface area contributed by atoms with E-state index in [4.69, 9.17) is 18.9 Å². The largest absolute Gasteiger partial charge is 0.497 e. The van der Waals surface area contributed by atoms with Crippen LogP contribution in [-0.2, 0) is 26.2 Å². The van der Waals surface area contributed by atoms with Crippen molar-refractivity contribution in [3.63, 3.8) is 0 Å². The zero-order valence-corrected chi connectivity index (χ0v) is 25.4. The monoisotopic (exact) mass is 599 g/mol. The fourth-order valence-corrected chi connectivity index (χ4v) is 5.66. The van der Waals surface area contributed by atoms with Gasteiger partial charge < -0.3 is 29.2 Å². The van der Waals surface area contributed by atoms with Crippen LogP contribution in [0.3, 0.4) is 0 Å². The summed E-state index contributed by atoms with van der Waals surface area (Å²) in [4.78, 5) is 27.8. The van der Waals surface area contributed by atoms with Crippen molar-refractivity contribution >= 4 is 27.5 Å². The number of carbonyl (C=O) groups is 2. The third-order valence-corrected chi connectivity index (χ3v) is 8.35. The second-order valence-electron chi connectivity index (χ2n) is 9.12. The van der Waals surface area contributed by atoms with Crippen LogP contribution in [0.5, 0.6) is 23.0 Å². The Morgan fingerprint density at radius 1 is 0.857 bits per heavy atom. The van der Waals surface area contributed by atoms with Crippen molar-refractivity contribution in [2.45, 2.75) is 31.3 Å². The Balaban J connectivity index is 2.07. The van der Waals surface area contributed by atoms with Crippen LogP contribution < -0.4 is 28.6 Å². The standard InChI is InChI=1S/C30H37N3O8S/c1-7-41-25-14-10-23(11-15-25)33(42(36,37)26-16-17-27(39-5)28(18-26)40-6)20-29(34)32(21(2)30(35)31-3)19-22-8-12-24(38-4)13-9-22/h8-18,21H,7,19-20H2,1-6H3,(H,31,35)/t21-/m1/s1. The molecular formula is C30H37N3O8S. The van der Waals surface area contributed by atoms with Gasteiger partial charge >= 0.3 is 0 Å². The van der Waals surface area contributed by atoms with Gasteiger partial charge in [-0.15, -0.1) is 0 Å². The molecule has 2 amide bonds. The Bertz CT molecular complexity index is 1460. The van der Waals surface area contributed by atoms with Crippen LogP contribution >= 0.6 is 0 Å². The van der Waals surface area contributed by atoms with Gasteiger partial charge in [0.15, 0.2) is 11.5 Å². The van der Waals surface area contributed by atoms with Crippen LogP contribution in [0, 0.1) is 0 Å². The van der Waals surface area contributed by atoms with Crippen molar-refractivity contribution < 1.29 is 37.0 Å².